The highest BCUT2D eigenvalue weighted by atomic mass is 16.5. The Morgan fingerprint density at radius 1 is 1.29 bits per heavy atom. The second-order valence-electron chi connectivity index (χ2n) is 3.39. The van der Waals surface area contributed by atoms with E-state index in [4.69, 9.17) is 9.47 Å². The summed E-state index contributed by atoms with van der Waals surface area (Å²) in [6.07, 6.45) is 3.15. The fourth-order valence-electron chi connectivity index (χ4n) is 0.952. The standard InChI is InChI=1S/C11H23NO2/c1-4-8-13-10-7-12-6-5-9-14-11(2)3/h4,11-12H,1,5-10H2,2-3H3. The molecule has 0 saturated carbocycles. The van der Waals surface area contributed by atoms with Crippen LogP contribution in [0.2, 0.25) is 0 Å². The maximum atomic E-state index is 5.40. The lowest BCUT2D eigenvalue weighted by Gasteiger charge is -2.08. The Kier molecular flexibility index (Phi) is 10.4. The van der Waals surface area contributed by atoms with Crippen molar-refractivity contribution in [3.63, 3.8) is 0 Å². The third-order valence-electron chi connectivity index (χ3n) is 1.61. The predicted molar refractivity (Wildman–Crippen MR) is 59.6 cm³/mol. The van der Waals surface area contributed by atoms with Crippen LogP contribution in [0.5, 0.6) is 0 Å². The summed E-state index contributed by atoms with van der Waals surface area (Å²) in [5, 5.41) is 3.28. The molecule has 3 nitrogen and oxygen atoms in total. The van der Waals surface area contributed by atoms with Crippen LogP contribution in [0.15, 0.2) is 12.7 Å². The number of hydrogen-bond donors (Lipinski definition) is 1. The first-order chi connectivity index (χ1) is 6.77. The fourth-order valence-corrected chi connectivity index (χ4v) is 0.952. The number of ether oxygens (including phenoxy) is 2. The van der Waals surface area contributed by atoms with Crippen molar-refractivity contribution >= 4 is 0 Å². The summed E-state index contributed by atoms with van der Waals surface area (Å²) in [5.74, 6) is 0. The lowest BCUT2D eigenvalue weighted by molar-refractivity contribution is 0.0766. The molecule has 0 atom stereocenters. The molecule has 3 heteroatoms. The van der Waals surface area contributed by atoms with Crippen molar-refractivity contribution in [2.45, 2.75) is 26.4 Å². The van der Waals surface area contributed by atoms with Crippen LogP contribution in [0.25, 0.3) is 0 Å². The average molecular weight is 201 g/mol. The molecule has 0 aliphatic heterocycles. The first-order valence-electron chi connectivity index (χ1n) is 5.28. The fraction of sp³-hybridized carbons (Fsp3) is 0.818. The van der Waals surface area contributed by atoms with Crippen LogP contribution in [-0.2, 0) is 9.47 Å². The third-order valence-corrected chi connectivity index (χ3v) is 1.61. The zero-order valence-electron chi connectivity index (χ0n) is 9.42. The summed E-state index contributed by atoms with van der Waals surface area (Å²) in [5.41, 5.74) is 0. The van der Waals surface area contributed by atoms with Gasteiger partial charge in [0.05, 0.1) is 19.3 Å². The minimum Gasteiger partial charge on any atom is -0.379 e. The van der Waals surface area contributed by atoms with Gasteiger partial charge in [0.2, 0.25) is 0 Å². The van der Waals surface area contributed by atoms with Gasteiger partial charge in [0.1, 0.15) is 0 Å². The molecule has 1 N–H and O–H groups in total. The van der Waals surface area contributed by atoms with E-state index < -0.39 is 0 Å². The molecule has 0 aromatic rings. The summed E-state index contributed by atoms with van der Waals surface area (Å²) in [6, 6.07) is 0. The van der Waals surface area contributed by atoms with Crippen molar-refractivity contribution in [1.82, 2.24) is 5.32 Å². The number of hydrogen-bond acceptors (Lipinski definition) is 3. The van der Waals surface area contributed by atoms with E-state index in [2.05, 4.69) is 25.7 Å². The quantitative estimate of drug-likeness (QED) is 0.430. The summed E-state index contributed by atoms with van der Waals surface area (Å²) >= 11 is 0. The van der Waals surface area contributed by atoms with Gasteiger partial charge in [-0.3, -0.25) is 0 Å². The molecule has 0 aromatic carbocycles. The van der Waals surface area contributed by atoms with E-state index in [1.807, 2.05) is 0 Å². The average Bonchev–Trinajstić information content (AvgIpc) is 2.15. The molecule has 0 unspecified atom stereocenters. The second-order valence-corrected chi connectivity index (χ2v) is 3.39. The highest BCUT2D eigenvalue weighted by Gasteiger charge is 1.92. The molecule has 0 radical (unpaired) electrons. The molecule has 84 valence electrons. The van der Waals surface area contributed by atoms with E-state index in [9.17, 15) is 0 Å². The molecule has 0 fully saturated rings. The largest absolute Gasteiger partial charge is 0.379 e. The van der Waals surface area contributed by atoms with E-state index in [1.165, 1.54) is 0 Å². The van der Waals surface area contributed by atoms with Crippen LogP contribution in [0.4, 0.5) is 0 Å². The van der Waals surface area contributed by atoms with Crippen molar-refractivity contribution in [3.05, 3.63) is 12.7 Å². The molecular formula is C11H23NO2. The summed E-state index contributed by atoms with van der Waals surface area (Å²) < 4.78 is 10.6. The monoisotopic (exact) mass is 201 g/mol. The van der Waals surface area contributed by atoms with Gasteiger partial charge in [-0.1, -0.05) is 6.08 Å². The molecule has 0 amide bonds. The Morgan fingerprint density at radius 2 is 2.07 bits per heavy atom. The predicted octanol–water partition coefficient (Wildman–Crippen LogP) is 1.59. The van der Waals surface area contributed by atoms with E-state index in [0.717, 1.165) is 32.7 Å². The Balaban J connectivity index is 2.88. The molecule has 0 aliphatic rings. The zero-order chi connectivity index (χ0) is 10.6. The number of nitrogens with one attached hydrogen (secondary N) is 1. The smallest absolute Gasteiger partial charge is 0.0645 e. The van der Waals surface area contributed by atoms with Gasteiger partial charge < -0.3 is 14.8 Å². The van der Waals surface area contributed by atoms with Crippen molar-refractivity contribution < 1.29 is 9.47 Å². The van der Waals surface area contributed by atoms with Gasteiger partial charge in [0, 0.05) is 13.2 Å². The molecular weight excluding hydrogens is 178 g/mol. The molecule has 0 aliphatic carbocycles. The van der Waals surface area contributed by atoms with E-state index in [0.29, 0.717) is 12.7 Å². The van der Waals surface area contributed by atoms with Crippen LogP contribution < -0.4 is 5.32 Å². The lowest BCUT2D eigenvalue weighted by atomic mass is 10.4. The van der Waals surface area contributed by atoms with Crippen LogP contribution >= 0.6 is 0 Å². The van der Waals surface area contributed by atoms with Crippen LogP contribution in [0, 0.1) is 0 Å². The number of rotatable bonds is 10. The highest BCUT2D eigenvalue weighted by Crippen LogP contribution is 1.88. The molecule has 0 spiro atoms. The third kappa shape index (κ3) is 11.6. The van der Waals surface area contributed by atoms with Gasteiger partial charge in [0.25, 0.3) is 0 Å². The Morgan fingerprint density at radius 3 is 2.71 bits per heavy atom. The van der Waals surface area contributed by atoms with Crippen LogP contribution in [0.3, 0.4) is 0 Å². The van der Waals surface area contributed by atoms with Crippen LogP contribution in [0.1, 0.15) is 20.3 Å². The maximum Gasteiger partial charge on any atom is 0.0645 e. The molecule has 0 heterocycles. The van der Waals surface area contributed by atoms with Crippen molar-refractivity contribution in [2.24, 2.45) is 0 Å². The van der Waals surface area contributed by atoms with Gasteiger partial charge in [-0.15, -0.1) is 6.58 Å². The minimum atomic E-state index is 0.339. The van der Waals surface area contributed by atoms with Crippen molar-refractivity contribution in [1.29, 1.82) is 0 Å². The van der Waals surface area contributed by atoms with Crippen LogP contribution in [-0.4, -0.2) is 39.0 Å². The Bertz CT molecular complexity index is 126. The highest BCUT2D eigenvalue weighted by molar-refractivity contribution is 4.63. The van der Waals surface area contributed by atoms with Gasteiger partial charge >= 0.3 is 0 Å². The summed E-state index contributed by atoms with van der Waals surface area (Å²) in [7, 11) is 0. The Labute approximate surface area is 87.5 Å². The van der Waals surface area contributed by atoms with E-state index >= 15 is 0 Å². The molecule has 0 saturated heterocycles. The van der Waals surface area contributed by atoms with Gasteiger partial charge in [-0.05, 0) is 26.8 Å². The van der Waals surface area contributed by atoms with Gasteiger partial charge in [0.15, 0.2) is 0 Å². The Hall–Kier alpha value is -0.380. The topological polar surface area (TPSA) is 30.5 Å². The molecule has 0 rings (SSSR count). The minimum absolute atomic E-state index is 0.339. The summed E-state index contributed by atoms with van der Waals surface area (Å²) in [4.78, 5) is 0. The first-order valence-corrected chi connectivity index (χ1v) is 5.28. The maximum absolute atomic E-state index is 5.40. The van der Waals surface area contributed by atoms with Crippen molar-refractivity contribution in [2.75, 3.05) is 32.9 Å². The normalized spacial score (nSPS) is 10.8. The molecule has 0 aromatic heterocycles. The van der Waals surface area contributed by atoms with E-state index in [1.54, 1.807) is 6.08 Å². The second kappa shape index (κ2) is 10.7. The summed E-state index contributed by atoms with van der Waals surface area (Å²) in [6.45, 7) is 11.8. The van der Waals surface area contributed by atoms with E-state index in [-0.39, 0.29) is 0 Å². The van der Waals surface area contributed by atoms with Gasteiger partial charge in [-0.2, -0.15) is 0 Å². The van der Waals surface area contributed by atoms with Crippen molar-refractivity contribution in [3.8, 4) is 0 Å². The molecule has 0 bridgehead atoms. The zero-order valence-corrected chi connectivity index (χ0v) is 9.42. The van der Waals surface area contributed by atoms with Gasteiger partial charge in [-0.25, -0.2) is 0 Å². The first kappa shape index (κ1) is 13.6. The molecule has 14 heavy (non-hydrogen) atoms. The lowest BCUT2D eigenvalue weighted by Crippen LogP contribution is -2.22. The SMILES string of the molecule is C=CCOCCNCCCOC(C)C.